The molecule has 0 spiro atoms. The second-order valence-electron chi connectivity index (χ2n) is 4.15. The molecule has 0 fully saturated rings. The number of rotatable bonds is 5. The summed E-state index contributed by atoms with van der Waals surface area (Å²) in [6.45, 7) is 2.69. The predicted molar refractivity (Wildman–Crippen MR) is 73.6 cm³/mol. The van der Waals surface area contributed by atoms with Gasteiger partial charge in [-0.1, -0.05) is 22.9 Å². The average molecular weight is 334 g/mol. The molecule has 0 aliphatic rings. The average Bonchev–Trinajstić information content (AvgIpc) is 2.34. The molecular formula is C14H15BrF3N. The van der Waals surface area contributed by atoms with Crippen LogP contribution in [0.3, 0.4) is 0 Å². The summed E-state index contributed by atoms with van der Waals surface area (Å²) in [6.07, 6.45) is 2.17. The molecule has 5 heteroatoms. The zero-order valence-corrected chi connectivity index (χ0v) is 12.1. The molecule has 0 saturated carbocycles. The predicted octanol–water partition coefficient (Wildman–Crippen LogP) is 4.53. The van der Waals surface area contributed by atoms with Gasteiger partial charge in [-0.3, -0.25) is 0 Å². The molecule has 0 bridgehead atoms. The molecular weight excluding hydrogens is 319 g/mol. The Balaban J connectivity index is 3.11. The molecule has 1 unspecified atom stereocenters. The largest absolute Gasteiger partial charge is 0.416 e. The van der Waals surface area contributed by atoms with Crippen LogP contribution in [0.4, 0.5) is 13.2 Å². The Bertz CT molecular complexity index is 463. The fourth-order valence-electron chi connectivity index (χ4n) is 1.72. The van der Waals surface area contributed by atoms with E-state index in [0.29, 0.717) is 23.0 Å². The van der Waals surface area contributed by atoms with Crippen molar-refractivity contribution in [1.82, 2.24) is 5.32 Å². The monoisotopic (exact) mass is 333 g/mol. The van der Waals surface area contributed by atoms with Crippen molar-refractivity contribution in [3.63, 3.8) is 0 Å². The number of terminal acetylenes is 1. The minimum Gasteiger partial charge on any atom is -0.309 e. The molecule has 104 valence electrons. The van der Waals surface area contributed by atoms with Crippen LogP contribution < -0.4 is 5.32 Å². The highest BCUT2D eigenvalue weighted by Crippen LogP contribution is 2.34. The van der Waals surface area contributed by atoms with E-state index in [4.69, 9.17) is 6.42 Å². The SMILES string of the molecule is C#CCC(NCCC)c1cc(C(F)(F)F)ccc1Br. The van der Waals surface area contributed by atoms with Crippen LogP contribution >= 0.6 is 15.9 Å². The van der Waals surface area contributed by atoms with E-state index in [-0.39, 0.29) is 6.04 Å². The smallest absolute Gasteiger partial charge is 0.309 e. The lowest BCUT2D eigenvalue weighted by atomic mass is 10.0. The summed E-state index contributed by atoms with van der Waals surface area (Å²) in [5.74, 6) is 2.50. The van der Waals surface area contributed by atoms with Crippen LogP contribution in [0.2, 0.25) is 0 Å². The Kier molecular flexibility index (Phi) is 5.89. The van der Waals surface area contributed by atoms with Gasteiger partial charge < -0.3 is 5.32 Å². The van der Waals surface area contributed by atoms with E-state index < -0.39 is 11.7 Å². The third-order valence-electron chi connectivity index (χ3n) is 2.66. The van der Waals surface area contributed by atoms with Crippen LogP contribution in [0.25, 0.3) is 0 Å². The van der Waals surface area contributed by atoms with Crippen molar-refractivity contribution in [2.45, 2.75) is 32.0 Å². The van der Waals surface area contributed by atoms with Crippen molar-refractivity contribution in [3.05, 3.63) is 33.8 Å². The van der Waals surface area contributed by atoms with Crippen LogP contribution in [0.5, 0.6) is 0 Å². The fraction of sp³-hybridized carbons (Fsp3) is 0.429. The number of halogens is 4. The van der Waals surface area contributed by atoms with E-state index in [9.17, 15) is 13.2 Å². The van der Waals surface area contributed by atoms with E-state index in [1.807, 2.05) is 6.92 Å². The second kappa shape index (κ2) is 6.97. The summed E-state index contributed by atoms with van der Waals surface area (Å²) >= 11 is 3.28. The first-order valence-corrected chi connectivity index (χ1v) is 6.73. The van der Waals surface area contributed by atoms with Gasteiger partial charge in [0.2, 0.25) is 0 Å². The Morgan fingerprint density at radius 1 is 1.42 bits per heavy atom. The van der Waals surface area contributed by atoms with Gasteiger partial charge in [-0.15, -0.1) is 12.3 Å². The molecule has 0 aromatic heterocycles. The van der Waals surface area contributed by atoms with E-state index >= 15 is 0 Å². The number of alkyl halides is 3. The van der Waals surface area contributed by atoms with Crippen LogP contribution in [0, 0.1) is 12.3 Å². The van der Waals surface area contributed by atoms with E-state index in [2.05, 4.69) is 27.2 Å². The Hall–Kier alpha value is -0.990. The zero-order chi connectivity index (χ0) is 14.5. The van der Waals surface area contributed by atoms with Crippen molar-refractivity contribution < 1.29 is 13.2 Å². The molecule has 1 aromatic carbocycles. The lowest BCUT2D eigenvalue weighted by Gasteiger charge is -2.19. The molecule has 1 N–H and O–H groups in total. The third-order valence-corrected chi connectivity index (χ3v) is 3.38. The minimum atomic E-state index is -4.35. The van der Waals surface area contributed by atoms with Crippen LogP contribution in [0.1, 0.15) is 36.9 Å². The normalized spacial score (nSPS) is 13.1. The highest BCUT2D eigenvalue weighted by Gasteiger charge is 2.31. The summed E-state index contributed by atoms with van der Waals surface area (Å²) in [5.41, 5.74) is -0.118. The van der Waals surface area contributed by atoms with Gasteiger partial charge in [-0.05, 0) is 36.7 Å². The van der Waals surface area contributed by atoms with Crippen molar-refractivity contribution in [1.29, 1.82) is 0 Å². The van der Waals surface area contributed by atoms with Crippen LogP contribution in [-0.2, 0) is 6.18 Å². The van der Waals surface area contributed by atoms with Gasteiger partial charge in [0.15, 0.2) is 0 Å². The minimum absolute atomic E-state index is 0.276. The zero-order valence-electron chi connectivity index (χ0n) is 10.5. The van der Waals surface area contributed by atoms with E-state index in [1.165, 1.54) is 6.07 Å². The first kappa shape index (κ1) is 16.1. The van der Waals surface area contributed by atoms with Gasteiger partial charge in [0.1, 0.15) is 0 Å². The third kappa shape index (κ3) is 4.55. The Morgan fingerprint density at radius 2 is 2.11 bits per heavy atom. The van der Waals surface area contributed by atoms with Crippen LogP contribution in [0.15, 0.2) is 22.7 Å². The summed E-state index contributed by atoms with van der Waals surface area (Å²) < 4.78 is 38.8. The highest BCUT2D eigenvalue weighted by atomic mass is 79.9. The highest BCUT2D eigenvalue weighted by molar-refractivity contribution is 9.10. The van der Waals surface area contributed by atoms with Gasteiger partial charge in [0.05, 0.1) is 5.56 Å². The Morgan fingerprint density at radius 3 is 2.63 bits per heavy atom. The van der Waals surface area contributed by atoms with Gasteiger partial charge in [0.25, 0.3) is 0 Å². The molecule has 0 heterocycles. The summed E-state index contributed by atoms with van der Waals surface area (Å²) in [6, 6.07) is 3.34. The van der Waals surface area contributed by atoms with Gasteiger partial charge >= 0.3 is 6.18 Å². The fourth-order valence-corrected chi connectivity index (χ4v) is 2.24. The van der Waals surface area contributed by atoms with Crippen LogP contribution in [-0.4, -0.2) is 6.54 Å². The Labute approximate surface area is 119 Å². The van der Waals surface area contributed by atoms with E-state index in [0.717, 1.165) is 18.6 Å². The van der Waals surface area contributed by atoms with E-state index in [1.54, 1.807) is 0 Å². The first-order valence-electron chi connectivity index (χ1n) is 5.93. The number of hydrogen-bond donors (Lipinski definition) is 1. The molecule has 1 rings (SSSR count). The van der Waals surface area contributed by atoms with Crippen molar-refractivity contribution >= 4 is 15.9 Å². The van der Waals surface area contributed by atoms with Crippen molar-refractivity contribution in [2.75, 3.05) is 6.54 Å². The molecule has 0 radical (unpaired) electrons. The maximum absolute atomic E-state index is 12.7. The molecule has 1 atom stereocenters. The number of nitrogens with one attached hydrogen (secondary N) is 1. The maximum Gasteiger partial charge on any atom is 0.416 e. The molecule has 0 aliphatic carbocycles. The maximum atomic E-state index is 12.7. The molecule has 0 amide bonds. The molecule has 1 aromatic rings. The quantitative estimate of drug-likeness (QED) is 0.780. The summed E-state index contributed by atoms with van der Waals surface area (Å²) in [4.78, 5) is 0. The topological polar surface area (TPSA) is 12.0 Å². The second-order valence-corrected chi connectivity index (χ2v) is 5.00. The van der Waals surface area contributed by atoms with Gasteiger partial charge in [-0.25, -0.2) is 0 Å². The first-order chi connectivity index (χ1) is 8.90. The number of benzene rings is 1. The molecule has 0 aliphatic heterocycles. The van der Waals surface area contributed by atoms with Gasteiger partial charge in [-0.2, -0.15) is 13.2 Å². The van der Waals surface area contributed by atoms with Crippen molar-refractivity contribution in [3.8, 4) is 12.3 Å². The molecule has 0 saturated heterocycles. The van der Waals surface area contributed by atoms with Crippen molar-refractivity contribution in [2.24, 2.45) is 0 Å². The lowest BCUT2D eigenvalue weighted by Crippen LogP contribution is -2.22. The summed E-state index contributed by atoms with van der Waals surface area (Å²) in [5, 5.41) is 3.17. The summed E-state index contributed by atoms with van der Waals surface area (Å²) in [7, 11) is 0. The number of hydrogen-bond acceptors (Lipinski definition) is 1. The van der Waals surface area contributed by atoms with Gasteiger partial charge in [0, 0.05) is 16.9 Å². The lowest BCUT2D eigenvalue weighted by molar-refractivity contribution is -0.137. The standard InChI is InChI=1S/C14H15BrF3N/c1-3-5-13(19-8-4-2)11-9-10(14(16,17)18)6-7-12(11)15/h1,6-7,9,13,19H,4-5,8H2,2H3. The molecule has 19 heavy (non-hydrogen) atoms. The molecule has 1 nitrogen and oxygen atoms in total.